The Bertz CT molecular complexity index is 896. The first-order valence-electron chi connectivity index (χ1n) is 8.62. The lowest BCUT2D eigenvalue weighted by Crippen LogP contribution is -2.30. The molecule has 0 unspecified atom stereocenters. The number of carbonyl (C=O) groups is 1. The van der Waals surface area contributed by atoms with Crippen molar-refractivity contribution in [3.63, 3.8) is 0 Å². The molecule has 0 heterocycles. The summed E-state index contributed by atoms with van der Waals surface area (Å²) in [5.74, 6) is -0.181. The number of sulfonamides is 1. The Balaban J connectivity index is 1.97. The first kappa shape index (κ1) is 21.7. The summed E-state index contributed by atoms with van der Waals surface area (Å²) in [6.45, 7) is 4.46. The summed E-state index contributed by atoms with van der Waals surface area (Å²) >= 11 is 11.9. The zero-order valence-electron chi connectivity index (χ0n) is 15.2. The zero-order chi connectivity index (χ0) is 20.0. The molecule has 27 heavy (non-hydrogen) atoms. The van der Waals surface area contributed by atoms with Crippen LogP contribution in [0.25, 0.3) is 0 Å². The fourth-order valence-electron chi connectivity index (χ4n) is 2.60. The van der Waals surface area contributed by atoms with Crippen molar-refractivity contribution in [1.82, 2.24) is 4.31 Å². The van der Waals surface area contributed by atoms with Gasteiger partial charge in [0.2, 0.25) is 15.9 Å². The van der Waals surface area contributed by atoms with E-state index in [9.17, 15) is 13.2 Å². The Labute approximate surface area is 170 Å². The van der Waals surface area contributed by atoms with Crippen LogP contribution in [0.15, 0.2) is 47.4 Å². The molecular formula is C19H22Cl2N2O3S. The van der Waals surface area contributed by atoms with Gasteiger partial charge in [-0.15, -0.1) is 0 Å². The lowest BCUT2D eigenvalue weighted by molar-refractivity contribution is -0.116. The van der Waals surface area contributed by atoms with Crippen molar-refractivity contribution in [3.8, 4) is 0 Å². The molecule has 1 amide bonds. The maximum absolute atomic E-state index is 12.5. The van der Waals surface area contributed by atoms with Crippen molar-refractivity contribution in [1.29, 1.82) is 0 Å². The van der Waals surface area contributed by atoms with Gasteiger partial charge >= 0.3 is 0 Å². The number of amides is 1. The number of aryl methyl sites for hydroxylation is 1. The third-order valence-corrected chi connectivity index (χ3v) is 6.72. The maximum atomic E-state index is 12.5. The van der Waals surface area contributed by atoms with Crippen LogP contribution >= 0.6 is 23.2 Å². The number of nitrogens with one attached hydrogen (secondary N) is 1. The summed E-state index contributed by atoms with van der Waals surface area (Å²) in [7, 11) is -3.47. The first-order chi connectivity index (χ1) is 12.8. The van der Waals surface area contributed by atoms with Crippen molar-refractivity contribution in [2.24, 2.45) is 0 Å². The second-order valence-electron chi connectivity index (χ2n) is 5.91. The molecular weight excluding hydrogens is 407 g/mol. The highest BCUT2D eigenvalue weighted by molar-refractivity contribution is 7.89. The summed E-state index contributed by atoms with van der Waals surface area (Å²) in [5.41, 5.74) is 1.39. The summed E-state index contributed by atoms with van der Waals surface area (Å²) in [6, 6.07) is 11.5. The molecule has 0 bridgehead atoms. The average Bonchev–Trinajstić information content (AvgIpc) is 2.63. The van der Waals surface area contributed by atoms with Crippen LogP contribution in [0.5, 0.6) is 0 Å². The highest BCUT2D eigenvalue weighted by Gasteiger charge is 2.21. The molecule has 0 aliphatic carbocycles. The molecule has 2 aromatic carbocycles. The number of hydrogen-bond donors (Lipinski definition) is 1. The number of halogens is 2. The minimum absolute atomic E-state index is 0.181. The van der Waals surface area contributed by atoms with Crippen LogP contribution in [0.4, 0.5) is 5.69 Å². The summed E-state index contributed by atoms with van der Waals surface area (Å²) < 4.78 is 26.3. The minimum Gasteiger partial charge on any atom is -0.325 e. The SMILES string of the molecule is CCN(CC)S(=O)(=O)c1ccc(CCC(=O)Nc2ccc(Cl)cc2Cl)cc1. The second-order valence-corrected chi connectivity index (χ2v) is 8.69. The van der Waals surface area contributed by atoms with Gasteiger partial charge in [0, 0.05) is 24.5 Å². The second kappa shape index (κ2) is 9.55. The summed E-state index contributed by atoms with van der Waals surface area (Å²) in [4.78, 5) is 12.4. The summed E-state index contributed by atoms with van der Waals surface area (Å²) in [6.07, 6.45) is 0.740. The fourth-order valence-corrected chi connectivity index (χ4v) is 4.52. The Morgan fingerprint density at radius 2 is 1.67 bits per heavy atom. The highest BCUT2D eigenvalue weighted by atomic mass is 35.5. The van der Waals surface area contributed by atoms with E-state index in [-0.39, 0.29) is 17.2 Å². The standard InChI is InChI=1S/C19H22Cl2N2O3S/c1-3-23(4-2)27(25,26)16-9-5-14(6-10-16)7-12-19(24)22-18-11-8-15(20)13-17(18)21/h5-6,8-11,13H,3-4,7,12H2,1-2H3,(H,22,24). The largest absolute Gasteiger partial charge is 0.325 e. The highest BCUT2D eigenvalue weighted by Crippen LogP contribution is 2.25. The third kappa shape index (κ3) is 5.69. The van der Waals surface area contributed by atoms with Gasteiger partial charge in [0.1, 0.15) is 0 Å². The van der Waals surface area contributed by atoms with E-state index in [0.717, 1.165) is 5.56 Å². The van der Waals surface area contributed by atoms with Gasteiger partial charge in [0.25, 0.3) is 0 Å². The normalized spacial score (nSPS) is 11.6. The number of anilines is 1. The average molecular weight is 429 g/mol. The molecule has 0 radical (unpaired) electrons. The molecule has 2 rings (SSSR count). The van der Waals surface area contributed by atoms with Gasteiger partial charge in [-0.1, -0.05) is 49.2 Å². The van der Waals surface area contributed by atoms with E-state index in [4.69, 9.17) is 23.2 Å². The number of nitrogens with zero attached hydrogens (tertiary/aromatic N) is 1. The number of benzene rings is 2. The third-order valence-electron chi connectivity index (χ3n) is 4.11. The molecule has 146 valence electrons. The maximum Gasteiger partial charge on any atom is 0.243 e. The van der Waals surface area contributed by atoms with Crippen LogP contribution in [-0.4, -0.2) is 31.7 Å². The van der Waals surface area contributed by atoms with Crippen molar-refractivity contribution < 1.29 is 13.2 Å². The van der Waals surface area contributed by atoms with Crippen LogP contribution in [0.3, 0.4) is 0 Å². The van der Waals surface area contributed by atoms with E-state index in [2.05, 4.69) is 5.32 Å². The van der Waals surface area contributed by atoms with E-state index >= 15 is 0 Å². The van der Waals surface area contributed by atoms with Crippen LogP contribution in [0, 0.1) is 0 Å². The van der Waals surface area contributed by atoms with Crippen LogP contribution in [0.1, 0.15) is 25.8 Å². The molecule has 8 heteroatoms. The molecule has 0 spiro atoms. The molecule has 5 nitrogen and oxygen atoms in total. The van der Waals surface area contributed by atoms with Gasteiger partial charge in [0.15, 0.2) is 0 Å². The Morgan fingerprint density at radius 3 is 2.22 bits per heavy atom. The zero-order valence-corrected chi connectivity index (χ0v) is 17.5. The Morgan fingerprint density at radius 1 is 1.04 bits per heavy atom. The molecule has 0 aromatic heterocycles. The molecule has 0 aliphatic rings. The Kier molecular flexibility index (Phi) is 7.68. The molecule has 0 aliphatic heterocycles. The number of carbonyl (C=O) groups excluding carboxylic acids is 1. The van der Waals surface area contributed by atoms with E-state index in [0.29, 0.717) is 35.2 Å². The summed E-state index contributed by atoms with van der Waals surface area (Å²) in [5, 5.41) is 3.62. The van der Waals surface area contributed by atoms with Crippen molar-refractivity contribution >= 4 is 44.8 Å². The number of hydrogen-bond acceptors (Lipinski definition) is 3. The minimum atomic E-state index is -3.47. The van der Waals surface area contributed by atoms with Gasteiger partial charge in [0.05, 0.1) is 15.6 Å². The Hall–Kier alpha value is -1.60. The van der Waals surface area contributed by atoms with E-state index in [1.54, 1.807) is 56.3 Å². The van der Waals surface area contributed by atoms with Gasteiger partial charge in [-0.2, -0.15) is 4.31 Å². The molecule has 2 aromatic rings. The molecule has 0 fully saturated rings. The van der Waals surface area contributed by atoms with E-state index in [1.165, 1.54) is 4.31 Å². The van der Waals surface area contributed by atoms with Crippen LogP contribution in [-0.2, 0) is 21.2 Å². The van der Waals surface area contributed by atoms with Gasteiger partial charge in [-0.05, 0) is 42.3 Å². The topological polar surface area (TPSA) is 66.5 Å². The lowest BCUT2D eigenvalue weighted by Gasteiger charge is -2.18. The monoisotopic (exact) mass is 428 g/mol. The lowest BCUT2D eigenvalue weighted by atomic mass is 10.1. The van der Waals surface area contributed by atoms with Crippen LogP contribution < -0.4 is 5.32 Å². The number of rotatable bonds is 8. The predicted molar refractivity (Wildman–Crippen MR) is 110 cm³/mol. The van der Waals surface area contributed by atoms with Crippen molar-refractivity contribution in [2.75, 3.05) is 18.4 Å². The molecule has 0 saturated heterocycles. The smallest absolute Gasteiger partial charge is 0.243 e. The quantitative estimate of drug-likeness (QED) is 0.667. The molecule has 0 saturated carbocycles. The van der Waals surface area contributed by atoms with Crippen molar-refractivity contribution in [3.05, 3.63) is 58.1 Å². The predicted octanol–water partition coefficient (Wildman–Crippen LogP) is 4.60. The molecule has 1 N–H and O–H groups in total. The first-order valence-corrected chi connectivity index (χ1v) is 10.8. The molecule has 0 atom stereocenters. The van der Waals surface area contributed by atoms with Crippen molar-refractivity contribution in [2.45, 2.75) is 31.6 Å². The van der Waals surface area contributed by atoms with E-state index < -0.39 is 10.0 Å². The van der Waals surface area contributed by atoms with Crippen LogP contribution in [0.2, 0.25) is 10.0 Å². The van der Waals surface area contributed by atoms with Gasteiger partial charge in [-0.3, -0.25) is 4.79 Å². The van der Waals surface area contributed by atoms with E-state index in [1.807, 2.05) is 0 Å². The fraction of sp³-hybridized carbons (Fsp3) is 0.316. The van der Waals surface area contributed by atoms with Gasteiger partial charge < -0.3 is 5.32 Å². The van der Waals surface area contributed by atoms with Gasteiger partial charge in [-0.25, -0.2) is 8.42 Å².